The highest BCUT2D eigenvalue weighted by Gasteiger charge is 2.70. The molecular formula is C26H29N3O3S. The number of imide groups is 1. The van der Waals surface area contributed by atoms with Gasteiger partial charge >= 0.3 is 0 Å². The van der Waals surface area contributed by atoms with Crippen molar-refractivity contribution >= 4 is 35.2 Å². The molecule has 172 valence electrons. The Morgan fingerprint density at radius 2 is 1.79 bits per heavy atom. The van der Waals surface area contributed by atoms with Gasteiger partial charge in [0.2, 0.25) is 17.7 Å². The number of benzene rings is 2. The SMILES string of the molecule is CSCCC1NC2(C(=O)Nc3c2ccc(C)c3C)[C@@H]2C(=O)N(CCc3ccccc3)C(=O)[C@H]12. The maximum absolute atomic E-state index is 13.8. The van der Waals surface area contributed by atoms with Crippen molar-refractivity contribution in [2.24, 2.45) is 11.8 Å². The normalized spacial score (nSPS) is 27.9. The molecule has 0 bridgehead atoms. The number of carbonyl (C=O) groups excluding carboxylic acids is 3. The number of rotatable bonds is 6. The van der Waals surface area contributed by atoms with E-state index in [1.54, 1.807) is 11.8 Å². The van der Waals surface area contributed by atoms with Crippen molar-refractivity contribution in [3.63, 3.8) is 0 Å². The Balaban J connectivity index is 1.54. The molecule has 0 aliphatic carbocycles. The number of hydrogen-bond acceptors (Lipinski definition) is 5. The summed E-state index contributed by atoms with van der Waals surface area (Å²) in [6.07, 6.45) is 3.36. The summed E-state index contributed by atoms with van der Waals surface area (Å²) in [6, 6.07) is 13.6. The minimum Gasteiger partial charge on any atom is -0.324 e. The maximum atomic E-state index is 13.8. The van der Waals surface area contributed by atoms with Gasteiger partial charge in [-0.15, -0.1) is 0 Å². The highest BCUT2D eigenvalue weighted by Crippen LogP contribution is 2.54. The Morgan fingerprint density at radius 1 is 1.03 bits per heavy atom. The quantitative estimate of drug-likeness (QED) is 0.644. The number of nitrogens with zero attached hydrogens (tertiary/aromatic N) is 1. The minimum atomic E-state index is -1.20. The van der Waals surface area contributed by atoms with E-state index in [1.165, 1.54) is 4.90 Å². The number of amides is 3. The third-order valence-electron chi connectivity index (χ3n) is 7.61. The lowest BCUT2D eigenvalue weighted by molar-refractivity contribution is -0.142. The van der Waals surface area contributed by atoms with Crippen LogP contribution in [0.5, 0.6) is 0 Å². The molecule has 7 heteroatoms. The van der Waals surface area contributed by atoms with E-state index >= 15 is 0 Å². The molecule has 3 heterocycles. The first-order chi connectivity index (χ1) is 15.9. The number of fused-ring (bicyclic) bond motifs is 4. The third-order valence-corrected chi connectivity index (χ3v) is 8.26. The summed E-state index contributed by atoms with van der Waals surface area (Å²) in [5, 5.41) is 6.57. The average Bonchev–Trinajstić information content (AvgIpc) is 3.39. The fraction of sp³-hybridized carbons (Fsp3) is 0.423. The molecule has 0 aromatic heterocycles. The number of thioether (sulfide) groups is 1. The lowest BCUT2D eigenvalue weighted by Crippen LogP contribution is -2.53. The fourth-order valence-electron chi connectivity index (χ4n) is 5.78. The van der Waals surface area contributed by atoms with E-state index in [0.717, 1.165) is 40.1 Å². The number of hydrogen-bond donors (Lipinski definition) is 2. The fourth-order valence-corrected chi connectivity index (χ4v) is 6.27. The van der Waals surface area contributed by atoms with Crippen LogP contribution in [0.15, 0.2) is 42.5 Å². The van der Waals surface area contributed by atoms with Crippen molar-refractivity contribution in [1.29, 1.82) is 0 Å². The van der Waals surface area contributed by atoms with Crippen molar-refractivity contribution in [3.8, 4) is 0 Å². The number of anilines is 1. The van der Waals surface area contributed by atoms with Crippen LogP contribution in [0.3, 0.4) is 0 Å². The summed E-state index contributed by atoms with van der Waals surface area (Å²) >= 11 is 1.70. The van der Waals surface area contributed by atoms with Gasteiger partial charge in [-0.25, -0.2) is 0 Å². The first-order valence-electron chi connectivity index (χ1n) is 11.5. The van der Waals surface area contributed by atoms with Gasteiger partial charge < -0.3 is 5.32 Å². The van der Waals surface area contributed by atoms with E-state index in [4.69, 9.17) is 0 Å². The van der Waals surface area contributed by atoms with Gasteiger partial charge in [-0.05, 0) is 55.4 Å². The molecule has 2 aromatic rings. The molecular weight excluding hydrogens is 434 g/mol. The molecule has 2 aromatic carbocycles. The molecule has 3 aliphatic rings. The third kappa shape index (κ3) is 3.24. The smallest absolute Gasteiger partial charge is 0.250 e. The lowest BCUT2D eigenvalue weighted by atomic mass is 9.76. The first-order valence-corrected chi connectivity index (χ1v) is 12.9. The van der Waals surface area contributed by atoms with Gasteiger partial charge in [0.25, 0.3) is 0 Å². The second-order valence-corrected chi connectivity index (χ2v) is 10.3. The predicted octanol–water partition coefficient (Wildman–Crippen LogP) is 3.02. The van der Waals surface area contributed by atoms with Crippen LogP contribution in [-0.4, -0.2) is 47.2 Å². The molecule has 2 saturated heterocycles. The zero-order valence-electron chi connectivity index (χ0n) is 19.2. The Morgan fingerprint density at radius 3 is 2.52 bits per heavy atom. The summed E-state index contributed by atoms with van der Waals surface area (Å²) in [5.74, 6) is -1.01. The van der Waals surface area contributed by atoms with E-state index in [0.29, 0.717) is 13.0 Å². The molecule has 1 spiro atoms. The van der Waals surface area contributed by atoms with Crippen molar-refractivity contribution < 1.29 is 14.4 Å². The van der Waals surface area contributed by atoms with Crippen LogP contribution in [0, 0.1) is 25.7 Å². The Labute approximate surface area is 198 Å². The summed E-state index contributed by atoms with van der Waals surface area (Å²) in [4.78, 5) is 42.3. The summed E-state index contributed by atoms with van der Waals surface area (Å²) in [5.41, 5.74) is 3.54. The standard InChI is InChI=1S/C26H29N3O3S/c1-15-9-10-18-22(16(15)2)27-25(32)26(18)21-20(19(28-26)12-14-33-3)23(30)29(24(21)31)13-11-17-7-5-4-6-8-17/h4-10,19-21,28H,11-14H2,1-3H3,(H,27,32)/t19?,20-,21+,26?/m1/s1. The second-order valence-electron chi connectivity index (χ2n) is 9.29. The molecule has 2 N–H and O–H groups in total. The largest absolute Gasteiger partial charge is 0.324 e. The number of likely N-dealkylation sites (tertiary alicyclic amines) is 1. The molecule has 0 saturated carbocycles. The van der Waals surface area contributed by atoms with Gasteiger partial charge in [-0.1, -0.05) is 42.5 Å². The van der Waals surface area contributed by atoms with Gasteiger partial charge in [0, 0.05) is 23.8 Å². The molecule has 2 fully saturated rings. The molecule has 0 radical (unpaired) electrons. The minimum absolute atomic E-state index is 0.151. The van der Waals surface area contributed by atoms with Crippen molar-refractivity contribution in [2.45, 2.75) is 38.3 Å². The molecule has 2 unspecified atom stereocenters. The highest BCUT2D eigenvalue weighted by molar-refractivity contribution is 7.98. The van der Waals surface area contributed by atoms with Crippen LogP contribution in [0.2, 0.25) is 0 Å². The molecule has 4 atom stereocenters. The molecule has 6 nitrogen and oxygen atoms in total. The van der Waals surface area contributed by atoms with E-state index in [9.17, 15) is 14.4 Å². The predicted molar refractivity (Wildman–Crippen MR) is 130 cm³/mol. The van der Waals surface area contributed by atoms with Crippen LogP contribution in [0.4, 0.5) is 5.69 Å². The molecule has 3 amide bonds. The van der Waals surface area contributed by atoms with E-state index in [-0.39, 0.29) is 23.8 Å². The Bertz CT molecular complexity index is 1140. The molecule has 3 aliphatic heterocycles. The average molecular weight is 464 g/mol. The van der Waals surface area contributed by atoms with Gasteiger partial charge in [0.15, 0.2) is 0 Å². The van der Waals surface area contributed by atoms with E-state index < -0.39 is 17.4 Å². The van der Waals surface area contributed by atoms with Crippen molar-refractivity contribution in [1.82, 2.24) is 10.2 Å². The van der Waals surface area contributed by atoms with Crippen molar-refractivity contribution in [2.75, 3.05) is 23.9 Å². The summed E-state index contributed by atoms with van der Waals surface area (Å²) < 4.78 is 0. The molecule has 5 rings (SSSR count). The highest BCUT2D eigenvalue weighted by atomic mass is 32.2. The Hall–Kier alpha value is -2.64. The molecule has 33 heavy (non-hydrogen) atoms. The lowest BCUT2D eigenvalue weighted by Gasteiger charge is -2.29. The maximum Gasteiger partial charge on any atom is 0.250 e. The zero-order chi connectivity index (χ0) is 23.3. The second kappa shape index (κ2) is 8.29. The number of carbonyl (C=O) groups is 3. The van der Waals surface area contributed by atoms with Gasteiger partial charge in [-0.3, -0.25) is 24.6 Å². The van der Waals surface area contributed by atoms with Crippen LogP contribution >= 0.6 is 11.8 Å². The first kappa shape index (κ1) is 22.2. The zero-order valence-corrected chi connectivity index (χ0v) is 20.0. The number of nitrogens with one attached hydrogen (secondary N) is 2. The van der Waals surface area contributed by atoms with E-state index in [1.807, 2.05) is 62.6 Å². The van der Waals surface area contributed by atoms with Gasteiger partial charge in [0.1, 0.15) is 5.54 Å². The van der Waals surface area contributed by atoms with Gasteiger partial charge in [0.05, 0.1) is 11.8 Å². The van der Waals surface area contributed by atoms with Crippen LogP contribution in [0.25, 0.3) is 0 Å². The van der Waals surface area contributed by atoms with Crippen LogP contribution in [-0.2, 0) is 26.3 Å². The van der Waals surface area contributed by atoms with Crippen molar-refractivity contribution in [3.05, 3.63) is 64.7 Å². The Kier molecular flexibility index (Phi) is 5.57. The van der Waals surface area contributed by atoms with Gasteiger partial charge in [-0.2, -0.15) is 11.8 Å². The topological polar surface area (TPSA) is 78.5 Å². The number of aryl methyl sites for hydroxylation is 1. The summed E-state index contributed by atoms with van der Waals surface area (Å²) in [7, 11) is 0. The monoisotopic (exact) mass is 463 g/mol. The van der Waals surface area contributed by atoms with Crippen LogP contribution in [0.1, 0.15) is 28.7 Å². The van der Waals surface area contributed by atoms with E-state index in [2.05, 4.69) is 10.6 Å². The van der Waals surface area contributed by atoms with Crippen LogP contribution < -0.4 is 10.6 Å². The summed E-state index contributed by atoms with van der Waals surface area (Å²) in [6.45, 7) is 4.33.